The minimum Gasteiger partial charge on any atom is -0.490 e. The van der Waals surface area contributed by atoms with E-state index in [4.69, 9.17) is 14.7 Å². The number of benzene rings is 1. The molecule has 0 saturated heterocycles. The molecular formula is C15H20N2O3. The fraction of sp³-hybridized carbons (Fsp3) is 0.467. The van der Waals surface area contributed by atoms with E-state index < -0.39 is 0 Å². The summed E-state index contributed by atoms with van der Waals surface area (Å²) in [6.45, 7) is 6.13. The predicted octanol–water partition coefficient (Wildman–Crippen LogP) is 2.20. The molecule has 0 unspecified atom stereocenters. The van der Waals surface area contributed by atoms with Crippen LogP contribution in [0.5, 0.6) is 11.5 Å². The summed E-state index contributed by atoms with van der Waals surface area (Å²) >= 11 is 0. The molecule has 0 fully saturated rings. The molecular weight excluding hydrogens is 256 g/mol. The number of hydrogen-bond acceptors (Lipinski definition) is 4. The Balaban J connectivity index is 2.77. The van der Waals surface area contributed by atoms with Crippen molar-refractivity contribution < 1.29 is 14.3 Å². The van der Waals surface area contributed by atoms with Crippen molar-refractivity contribution in [1.29, 1.82) is 5.26 Å². The van der Waals surface area contributed by atoms with Gasteiger partial charge < -0.3 is 14.4 Å². The molecule has 0 atom stereocenters. The number of ether oxygens (including phenoxy) is 2. The predicted molar refractivity (Wildman–Crippen MR) is 75.7 cm³/mol. The highest BCUT2D eigenvalue weighted by molar-refractivity contribution is 5.77. The molecule has 1 rings (SSSR count). The Morgan fingerprint density at radius 2 is 2.05 bits per heavy atom. The molecule has 0 aromatic heterocycles. The van der Waals surface area contributed by atoms with E-state index in [1.54, 1.807) is 30.1 Å². The van der Waals surface area contributed by atoms with Crippen LogP contribution in [0.3, 0.4) is 0 Å². The number of amides is 1. The van der Waals surface area contributed by atoms with Gasteiger partial charge in [0.25, 0.3) is 5.91 Å². The Morgan fingerprint density at radius 1 is 1.35 bits per heavy atom. The van der Waals surface area contributed by atoms with Crippen molar-refractivity contribution in [2.75, 3.05) is 20.3 Å². The number of nitrogens with zero attached hydrogens (tertiary/aromatic N) is 2. The first-order valence-electron chi connectivity index (χ1n) is 6.55. The highest BCUT2D eigenvalue weighted by Gasteiger charge is 2.14. The molecule has 0 saturated carbocycles. The van der Waals surface area contributed by atoms with Crippen molar-refractivity contribution in [2.24, 2.45) is 0 Å². The van der Waals surface area contributed by atoms with Gasteiger partial charge in [-0.1, -0.05) is 0 Å². The zero-order chi connectivity index (χ0) is 15.1. The summed E-state index contributed by atoms with van der Waals surface area (Å²) in [4.78, 5) is 13.5. The van der Waals surface area contributed by atoms with Gasteiger partial charge in [0.1, 0.15) is 0 Å². The molecule has 1 aromatic carbocycles. The quantitative estimate of drug-likeness (QED) is 0.799. The van der Waals surface area contributed by atoms with Crippen LogP contribution in [0.2, 0.25) is 0 Å². The van der Waals surface area contributed by atoms with Gasteiger partial charge in [-0.25, -0.2) is 0 Å². The highest BCUT2D eigenvalue weighted by Crippen LogP contribution is 2.28. The Kier molecular flexibility index (Phi) is 5.85. The summed E-state index contributed by atoms with van der Waals surface area (Å²) in [5.74, 6) is 0.842. The molecule has 0 spiro atoms. The molecule has 1 aromatic rings. The SMILES string of the molecule is CCOc1cc(C#N)ccc1OCC(=O)N(C)C(C)C. The average molecular weight is 276 g/mol. The summed E-state index contributed by atoms with van der Waals surface area (Å²) in [5, 5.41) is 8.87. The molecule has 20 heavy (non-hydrogen) atoms. The van der Waals surface area contributed by atoms with E-state index in [-0.39, 0.29) is 18.6 Å². The van der Waals surface area contributed by atoms with Gasteiger partial charge in [-0.05, 0) is 32.9 Å². The second-order valence-corrected chi connectivity index (χ2v) is 4.59. The maximum Gasteiger partial charge on any atom is 0.260 e. The Labute approximate surface area is 119 Å². The third kappa shape index (κ3) is 4.16. The van der Waals surface area contributed by atoms with Crippen molar-refractivity contribution in [3.05, 3.63) is 23.8 Å². The molecule has 0 radical (unpaired) electrons. The van der Waals surface area contributed by atoms with Gasteiger partial charge >= 0.3 is 0 Å². The number of rotatable bonds is 6. The second kappa shape index (κ2) is 7.39. The van der Waals surface area contributed by atoms with Crippen LogP contribution in [0, 0.1) is 11.3 Å². The molecule has 0 aliphatic heterocycles. The zero-order valence-electron chi connectivity index (χ0n) is 12.3. The van der Waals surface area contributed by atoms with E-state index in [1.165, 1.54) is 0 Å². The Hall–Kier alpha value is -2.22. The molecule has 0 bridgehead atoms. The van der Waals surface area contributed by atoms with Gasteiger partial charge in [0.05, 0.1) is 18.2 Å². The third-order valence-corrected chi connectivity index (χ3v) is 2.89. The van der Waals surface area contributed by atoms with Crippen LogP contribution >= 0.6 is 0 Å². The van der Waals surface area contributed by atoms with E-state index >= 15 is 0 Å². The van der Waals surface area contributed by atoms with Gasteiger partial charge in [0.15, 0.2) is 18.1 Å². The molecule has 108 valence electrons. The van der Waals surface area contributed by atoms with Crippen molar-refractivity contribution in [1.82, 2.24) is 4.90 Å². The van der Waals surface area contributed by atoms with Crippen LogP contribution in [0.4, 0.5) is 0 Å². The monoisotopic (exact) mass is 276 g/mol. The Morgan fingerprint density at radius 3 is 2.60 bits per heavy atom. The first-order chi connectivity index (χ1) is 9.49. The minimum absolute atomic E-state index is 0.0549. The topological polar surface area (TPSA) is 62.6 Å². The third-order valence-electron chi connectivity index (χ3n) is 2.89. The standard InChI is InChI=1S/C15H20N2O3/c1-5-19-14-8-12(9-16)6-7-13(14)20-10-15(18)17(4)11(2)3/h6-8,11H,5,10H2,1-4H3. The molecule has 0 heterocycles. The van der Waals surface area contributed by atoms with Crippen molar-refractivity contribution in [2.45, 2.75) is 26.8 Å². The fourth-order valence-electron chi connectivity index (χ4n) is 1.49. The van der Waals surface area contributed by atoms with Crippen LogP contribution in [-0.4, -0.2) is 37.1 Å². The molecule has 5 heteroatoms. The summed E-state index contributed by atoms with van der Waals surface area (Å²) in [7, 11) is 1.73. The molecule has 1 amide bonds. The smallest absolute Gasteiger partial charge is 0.260 e. The van der Waals surface area contributed by atoms with Crippen molar-refractivity contribution >= 4 is 5.91 Å². The van der Waals surface area contributed by atoms with Gasteiger partial charge in [0.2, 0.25) is 0 Å². The Bertz CT molecular complexity index is 506. The minimum atomic E-state index is -0.105. The molecule has 0 aliphatic rings. The van der Waals surface area contributed by atoms with Crippen LogP contribution < -0.4 is 9.47 Å². The largest absolute Gasteiger partial charge is 0.490 e. The van der Waals surface area contributed by atoms with Gasteiger partial charge in [-0.15, -0.1) is 0 Å². The maximum absolute atomic E-state index is 11.9. The lowest BCUT2D eigenvalue weighted by molar-refractivity contribution is -0.133. The fourth-order valence-corrected chi connectivity index (χ4v) is 1.49. The van der Waals surface area contributed by atoms with Crippen molar-refractivity contribution in [3.63, 3.8) is 0 Å². The van der Waals surface area contributed by atoms with E-state index in [1.807, 2.05) is 26.8 Å². The van der Waals surface area contributed by atoms with Crippen molar-refractivity contribution in [3.8, 4) is 17.6 Å². The first-order valence-corrected chi connectivity index (χ1v) is 6.55. The van der Waals surface area contributed by atoms with Crippen LogP contribution in [-0.2, 0) is 4.79 Å². The van der Waals surface area contributed by atoms with E-state index in [0.29, 0.717) is 23.7 Å². The van der Waals surface area contributed by atoms with E-state index in [0.717, 1.165) is 0 Å². The van der Waals surface area contributed by atoms with E-state index in [9.17, 15) is 4.79 Å². The number of nitriles is 1. The lowest BCUT2D eigenvalue weighted by atomic mass is 10.2. The van der Waals surface area contributed by atoms with Gasteiger partial charge in [-0.3, -0.25) is 4.79 Å². The second-order valence-electron chi connectivity index (χ2n) is 4.59. The van der Waals surface area contributed by atoms with Crippen LogP contribution in [0.25, 0.3) is 0 Å². The lowest BCUT2D eigenvalue weighted by Gasteiger charge is -2.21. The number of hydrogen-bond donors (Lipinski definition) is 0. The molecule has 5 nitrogen and oxygen atoms in total. The molecule has 0 aliphatic carbocycles. The normalized spacial score (nSPS) is 10.0. The summed E-state index contributed by atoms with van der Waals surface area (Å²) < 4.78 is 10.9. The summed E-state index contributed by atoms with van der Waals surface area (Å²) in [5.41, 5.74) is 0.492. The van der Waals surface area contributed by atoms with Gasteiger partial charge in [-0.2, -0.15) is 5.26 Å². The number of carbonyl (C=O) groups is 1. The molecule has 0 N–H and O–H groups in total. The summed E-state index contributed by atoms with van der Waals surface area (Å²) in [6.07, 6.45) is 0. The lowest BCUT2D eigenvalue weighted by Crippen LogP contribution is -2.36. The highest BCUT2D eigenvalue weighted by atomic mass is 16.5. The van der Waals surface area contributed by atoms with Crippen LogP contribution in [0.1, 0.15) is 26.3 Å². The number of likely N-dealkylation sites (N-methyl/N-ethyl adjacent to an activating group) is 1. The maximum atomic E-state index is 11.9. The van der Waals surface area contributed by atoms with E-state index in [2.05, 4.69) is 0 Å². The van der Waals surface area contributed by atoms with Gasteiger partial charge in [0, 0.05) is 19.2 Å². The average Bonchev–Trinajstić information content (AvgIpc) is 2.44. The number of carbonyl (C=O) groups excluding carboxylic acids is 1. The summed E-state index contributed by atoms with van der Waals surface area (Å²) in [6, 6.07) is 7.05. The van der Waals surface area contributed by atoms with Crippen LogP contribution in [0.15, 0.2) is 18.2 Å². The zero-order valence-corrected chi connectivity index (χ0v) is 12.3. The first kappa shape index (κ1) is 15.8.